The number of nitriles is 1. The highest BCUT2D eigenvalue weighted by molar-refractivity contribution is 6.10. The van der Waals surface area contributed by atoms with Crippen molar-refractivity contribution in [1.82, 2.24) is 19.4 Å². The molecule has 0 spiro atoms. The molecule has 2 amide bonds. The molecular weight excluding hydrogens is 558 g/mol. The smallest absolute Gasteiger partial charge is 0.247 e. The van der Waals surface area contributed by atoms with E-state index in [0.29, 0.717) is 34.4 Å². The maximum atomic E-state index is 12.6. The van der Waals surface area contributed by atoms with Gasteiger partial charge in [0.15, 0.2) is 0 Å². The second-order valence-corrected chi connectivity index (χ2v) is 11.1. The number of carbonyl (C=O) groups is 2. The monoisotopic (exact) mass is 591 g/mol. The molecule has 0 saturated carbocycles. The largest absolute Gasteiger partial charge is 0.494 e. The van der Waals surface area contributed by atoms with Gasteiger partial charge in [0, 0.05) is 49.4 Å². The number of carbonyl (C=O) groups excluding carboxylic acids is 2. The minimum atomic E-state index is -0.333. The number of para-hydroxylation sites is 1. The number of amides is 2. The molecule has 1 unspecified atom stereocenters. The lowest BCUT2D eigenvalue weighted by Gasteiger charge is -2.25. The number of likely N-dealkylation sites (N-methyl/N-ethyl adjacent to an activating group) is 2. The fourth-order valence-corrected chi connectivity index (χ4v) is 5.92. The first-order valence-electron chi connectivity index (χ1n) is 14.2. The van der Waals surface area contributed by atoms with E-state index in [-0.39, 0.29) is 24.3 Å². The number of aromatic nitrogens is 3. The van der Waals surface area contributed by atoms with E-state index in [9.17, 15) is 14.9 Å². The first-order valence-corrected chi connectivity index (χ1v) is 14.2. The zero-order valence-electron chi connectivity index (χ0n) is 25.1. The Morgan fingerprint density at radius 2 is 2.07 bits per heavy atom. The quantitative estimate of drug-likeness (QED) is 0.292. The molecule has 12 heteroatoms. The third-order valence-electron chi connectivity index (χ3n) is 8.32. The van der Waals surface area contributed by atoms with Crippen molar-refractivity contribution in [1.29, 1.82) is 5.26 Å². The van der Waals surface area contributed by atoms with E-state index in [2.05, 4.69) is 52.2 Å². The highest BCUT2D eigenvalue weighted by atomic mass is 16.5. The zero-order valence-corrected chi connectivity index (χ0v) is 25.1. The number of benzene rings is 2. The minimum Gasteiger partial charge on any atom is -0.494 e. The van der Waals surface area contributed by atoms with Gasteiger partial charge in [-0.3, -0.25) is 9.59 Å². The molecule has 2 aliphatic rings. The molecule has 0 aliphatic carbocycles. The molecule has 2 aliphatic heterocycles. The molecule has 2 aromatic carbocycles. The molecular formula is C32H33N9O3. The second kappa shape index (κ2) is 11.3. The number of ether oxygens (including phenoxy) is 1. The summed E-state index contributed by atoms with van der Waals surface area (Å²) < 4.78 is 7.67. The van der Waals surface area contributed by atoms with Gasteiger partial charge in [0.1, 0.15) is 18.4 Å². The standard InChI is InChI=1S/C32H33N9O3/c1-6-28(42)35-23-12-24(27(44-5)13-26(23)40-11-10-20(16-40)38(2)3)36-32-34-15-19(14-33)30(37-32)22-17-41-18-29(43)39(4)25-9-7-8-21(22)31(25)41/h6-9,12-13,15,17,20H,1,10-11,16,18H2,2-5H3,(H,35,42)(H,34,36,37). The van der Waals surface area contributed by atoms with Crippen LogP contribution >= 0.6 is 0 Å². The molecule has 4 aromatic rings. The maximum Gasteiger partial charge on any atom is 0.247 e. The lowest BCUT2D eigenvalue weighted by atomic mass is 10.1. The van der Waals surface area contributed by atoms with E-state index >= 15 is 0 Å². The molecule has 224 valence electrons. The summed E-state index contributed by atoms with van der Waals surface area (Å²) in [5.41, 5.74) is 5.11. The van der Waals surface area contributed by atoms with Gasteiger partial charge in [-0.05, 0) is 38.7 Å². The van der Waals surface area contributed by atoms with Gasteiger partial charge in [-0.15, -0.1) is 0 Å². The van der Waals surface area contributed by atoms with Crippen molar-refractivity contribution in [3.63, 3.8) is 0 Å². The van der Waals surface area contributed by atoms with E-state index in [4.69, 9.17) is 9.72 Å². The predicted octanol–water partition coefficient (Wildman–Crippen LogP) is 3.96. The van der Waals surface area contributed by atoms with Crippen LogP contribution in [0.1, 0.15) is 12.0 Å². The average molecular weight is 592 g/mol. The van der Waals surface area contributed by atoms with Crippen LogP contribution < -0.4 is 25.2 Å². The zero-order chi connectivity index (χ0) is 31.1. The number of anilines is 5. The van der Waals surface area contributed by atoms with E-state index in [1.54, 1.807) is 25.1 Å². The third-order valence-corrected chi connectivity index (χ3v) is 8.32. The molecule has 0 radical (unpaired) electrons. The van der Waals surface area contributed by atoms with E-state index < -0.39 is 0 Å². The lowest BCUT2D eigenvalue weighted by molar-refractivity contribution is -0.119. The molecule has 2 aromatic heterocycles. The van der Waals surface area contributed by atoms with Crippen LogP contribution in [0, 0.1) is 11.3 Å². The topological polar surface area (TPSA) is 132 Å². The van der Waals surface area contributed by atoms with Crippen LogP contribution in [0.4, 0.5) is 28.7 Å². The Bertz CT molecular complexity index is 1860. The molecule has 1 atom stereocenters. The normalized spacial score (nSPS) is 15.9. The van der Waals surface area contributed by atoms with Gasteiger partial charge in [-0.1, -0.05) is 18.7 Å². The second-order valence-electron chi connectivity index (χ2n) is 11.1. The summed E-state index contributed by atoms with van der Waals surface area (Å²) in [7, 11) is 7.47. The van der Waals surface area contributed by atoms with E-state index in [1.165, 1.54) is 12.3 Å². The predicted molar refractivity (Wildman–Crippen MR) is 170 cm³/mol. The van der Waals surface area contributed by atoms with Crippen LogP contribution in [-0.2, 0) is 16.1 Å². The summed E-state index contributed by atoms with van der Waals surface area (Å²) in [6.07, 6.45) is 5.56. The van der Waals surface area contributed by atoms with Crippen molar-refractivity contribution < 1.29 is 14.3 Å². The first-order chi connectivity index (χ1) is 21.2. The Morgan fingerprint density at radius 1 is 1.25 bits per heavy atom. The van der Waals surface area contributed by atoms with Gasteiger partial charge >= 0.3 is 0 Å². The molecule has 1 saturated heterocycles. The molecule has 0 bridgehead atoms. The molecule has 12 nitrogen and oxygen atoms in total. The Hall–Kier alpha value is -5.41. The maximum absolute atomic E-state index is 12.6. The fourth-order valence-electron chi connectivity index (χ4n) is 5.92. The van der Waals surface area contributed by atoms with Crippen molar-refractivity contribution in [2.24, 2.45) is 0 Å². The summed E-state index contributed by atoms with van der Waals surface area (Å²) in [4.78, 5) is 40.3. The molecule has 4 heterocycles. The molecule has 1 fully saturated rings. The summed E-state index contributed by atoms with van der Waals surface area (Å²) >= 11 is 0. The van der Waals surface area contributed by atoms with Crippen molar-refractivity contribution in [2.75, 3.05) is 61.8 Å². The van der Waals surface area contributed by atoms with Crippen LogP contribution in [0.15, 0.2) is 55.4 Å². The van der Waals surface area contributed by atoms with Gasteiger partial charge in [0.2, 0.25) is 17.8 Å². The van der Waals surface area contributed by atoms with Crippen molar-refractivity contribution in [3.05, 3.63) is 60.9 Å². The number of rotatable bonds is 8. The van der Waals surface area contributed by atoms with Gasteiger partial charge < -0.3 is 34.6 Å². The summed E-state index contributed by atoms with van der Waals surface area (Å²) in [5, 5.41) is 17.0. The summed E-state index contributed by atoms with van der Waals surface area (Å²) in [5.74, 6) is 0.409. The van der Waals surface area contributed by atoms with Gasteiger partial charge in [0.05, 0.1) is 52.8 Å². The van der Waals surface area contributed by atoms with Crippen molar-refractivity contribution in [3.8, 4) is 23.1 Å². The number of hydrogen-bond donors (Lipinski definition) is 2. The number of methoxy groups -OCH3 is 1. The van der Waals surface area contributed by atoms with Crippen LogP contribution in [-0.4, -0.2) is 78.6 Å². The van der Waals surface area contributed by atoms with Crippen molar-refractivity contribution in [2.45, 2.75) is 19.0 Å². The summed E-state index contributed by atoms with van der Waals surface area (Å²) in [6.45, 7) is 5.43. The molecule has 2 N–H and O–H groups in total. The van der Waals surface area contributed by atoms with Crippen molar-refractivity contribution >= 4 is 51.4 Å². The Labute approximate surface area is 255 Å². The van der Waals surface area contributed by atoms with E-state index in [0.717, 1.165) is 47.4 Å². The molecule has 44 heavy (non-hydrogen) atoms. The Kier molecular flexibility index (Phi) is 7.40. The Morgan fingerprint density at radius 3 is 2.77 bits per heavy atom. The lowest BCUT2D eigenvalue weighted by Crippen LogP contribution is -2.33. The first kappa shape index (κ1) is 28.7. The van der Waals surface area contributed by atoms with Gasteiger partial charge in [0.25, 0.3) is 0 Å². The number of hydrogen-bond acceptors (Lipinski definition) is 9. The SMILES string of the molecule is C=CC(=O)Nc1cc(Nc2ncc(C#N)c(-c3cn4c5c(cccc35)N(C)C(=O)C4)n2)c(OC)cc1N1CCC(N(C)C)C1. The average Bonchev–Trinajstić information content (AvgIpc) is 3.66. The highest BCUT2D eigenvalue weighted by Crippen LogP contribution is 2.41. The Balaban J connectivity index is 1.41. The number of nitrogens with zero attached hydrogens (tertiary/aromatic N) is 7. The third kappa shape index (κ3) is 4.97. The molecule has 6 rings (SSSR count). The van der Waals surface area contributed by atoms with Crippen LogP contribution in [0.25, 0.3) is 22.2 Å². The summed E-state index contributed by atoms with van der Waals surface area (Å²) in [6, 6.07) is 12.0. The number of nitrogens with one attached hydrogen (secondary N) is 2. The van der Waals surface area contributed by atoms with Crippen LogP contribution in [0.5, 0.6) is 5.75 Å². The fraction of sp³-hybridized carbons (Fsp3) is 0.281. The van der Waals surface area contributed by atoms with Crippen LogP contribution in [0.3, 0.4) is 0 Å². The van der Waals surface area contributed by atoms with Gasteiger partial charge in [-0.25, -0.2) is 9.97 Å². The van der Waals surface area contributed by atoms with Gasteiger partial charge in [-0.2, -0.15) is 5.26 Å². The highest BCUT2D eigenvalue weighted by Gasteiger charge is 2.28. The van der Waals surface area contributed by atoms with E-state index in [1.807, 2.05) is 35.0 Å². The van der Waals surface area contributed by atoms with Crippen LogP contribution in [0.2, 0.25) is 0 Å². The minimum absolute atomic E-state index is 0.0289.